The molecule has 0 aromatic rings. The van der Waals surface area contributed by atoms with Crippen LogP contribution in [0.4, 0.5) is 0 Å². The highest BCUT2D eigenvalue weighted by Gasteiger charge is 2.32. The van der Waals surface area contributed by atoms with E-state index in [1.165, 1.54) is 0 Å². The lowest BCUT2D eigenvalue weighted by molar-refractivity contribution is -0.132. The first-order valence-corrected chi connectivity index (χ1v) is 3.91. The van der Waals surface area contributed by atoms with Crippen molar-refractivity contribution in [2.24, 2.45) is 5.16 Å². The molecular formula is C3H6NO6P. The number of hydrogen-bond donors (Lipinski definition) is 3. The number of nitrogens with zero attached hydrogens (tertiary/aromatic N) is 1. The van der Waals surface area contributed by atoms with Gasteiger partial charge in [-0.3, -0.25) is 4.57 Å². The lowest BCUT2D eigenvalue weighted by Crippen LogP contribution is -2.15. The fourth-order valence-corrected chi connectivity index (χ4v) is 0.755. The molecule has 0 fully saturated rings. The normalized spacial score (nSPS) is 12.8. The molecule has 0 heterocycles. The van der Waals surface area contributed by atoms with E-state index < -0.39 is 19.0 Å². The van der Waals surface area contributed by atoms with Gasteiger partial charge in [0.15, 0.2) is 0 Å². The van der Waals surface area contributed by atoms with Crippen molar-refractivity contribution >= 4 is 19.0 Å². The maximum absolute atomic E-state index is 10.4. The van der Waals surface area contributed by atoms with Crippen LogP contribution in [-0.2, 0) is 14.1 Å². The summed E-state index contributed by atoms with van der Waals surface area (Å²) in [6.07, 6.45) is 0. The molecule has 0 radical (unpaired) electrons. The SMILES string of the molecule is COC(=O)/C(=N/O)P(=O)(O)O. The van der Waals surface area contributed by atoms with Crippen molar-refractivity contribution in [2.75, 3.05) is 7.11 Å². The van der Waals surface area contributed by atoms with Crippen LogP contribution in [0.2, 0.25) is 0 Å². The van der Waals surface area contributed by atoms with Gasteiger partial charge < -0.3 is 19.7 Å². The first-order chi connectivity index (χ1) is 4.93. The van der Waals surface area contributed by atoms with E-state index >= 15 is 0 Å². The highest BCUT2D eigenvalue weighted by Crippen LogP contribution is 2.36. The zero-order valence-electron chi connectivity index (χ0n) is 5.46. The summed E-state index contributed by atoms with van der Waals surface area (Å²) in [7, 11) is -3.92. The molecule has 0 spiro atoms. The van der Waals surface area contributed by atoms with E-state index in [0.717, 1.165) is 7.11 Å². The van der Waals surface area contributed by atoms with Gasteiger partial charge in [-0.05, 0) is 0 Å². The van der Waals surface area contributed by atoms with Crippen molar-refractivity contribution in [3.05, 3.63) is 0 Å². The average molecular weight is 183 g/mol. The molecule has 64 valence electrons. The maximum Gasteiger partial charge on any atom is 0.385 e. The number of hydrogen-bond acceptors (Lipinski definition) is 5. The van der Waals surface area contributed by atoms with Gasteiger partial charge in [0.05, 0.1) is 7.11 Å². The summed E-state index contributed by atoms with van der Waals surface area (Å²) in [5.41, 5.74) is -1.31. The number of carbonyl (C=O) groups is 1. The lowest BCUT2D eigenvalue weighted by atomic mass is 10.7. The van der Waals surface area contributed by atoms with Crippen molar-refractivity contribution in [1.29, 1.82) is 0 Å². The Bertz CT molecular complexity index is 228. The smallest absolute Gasteiger partial charge is 0.385 e. The zero-order valence-corrected chi connectivity index (χ0v) is 6.36. The number of esters is 1. The van der Waals surface area contributed by atoms with Gasteiger partial charge in [0.1, 0.15) is 0 Å². The Hall–Kier alpha value is -0.910. The van der Waals surface area contributed by atoms with Gasteiger partial charge in [-0.15, -0.1) is 0 Å². The van der Waals surface area contributed by atoms with Gasteiger partial charge in [0.2, 0.25) is 0 Å². The third kappa shape index (κ3) is 2.67. The first-order valence-electron chi connectivity index (χ1n) is 2.30. The molecule has 0 aromatic heterocycles. The van der Waals surface area contributed by atoms with E-state index in [0.29, 0.717) is 0 Å². The molecule has 0 amide bonds. The van der Waals surface area contributed by atoms with Gasteiger partial charge >= 0.3 is 13.6 Å². The second kappa shape index (κ2) is 3.47. The van der Waals surface area contributed by atoms with Crippen molar-refractivity contribution < 1.29 is 29.1 Å². The predicted octanol–water partition coefficient (Wildman–Crippen LogP) is -0.875. The second-order valence-corrected chi connectivity index (χ2v) is 2.97. The van der Waals surface area contributed by atoms with E-state index in [4.69, 9.17) is 15.0 Å². The number of oxime groups is 1. The van der Waals surface area contributed by atoms with E-state index in [2.05, 4.69) is 9.89 Å². The van der Waals surface area contributed by atoms with Crippen LogP contribution in [0, 0.1) is 0 Å². The quantitative estimate of drug-likeness (QED) is 0.168. The molecule has 0 atom stereocenters. The monoisotopic (exact) mass is 183 g/mol. The minimum Gasteiger partial charge on any atom is -0.464 e. The lowest BCUT2D eigenvalue weighted by Gasteiger charge is -2.02. The molecule has 3 N–H and O–H groups in total. The number of methoxy groups -OCH3 is 1. The summed E-state index contributed by atoms with van der Waals surface area (Å²) in [4.78, 5) is 27.0. The van der Waals surface area contributed by atoms with E-state index in [9.17, 15) is 9.36 Å². The summed E-state index contributed by atoms with van der Waals surface area (Å²) < 4.78 is 14.2. The zero-order chi connectivity index (χ0) is 9.07. The molecule has 11 heavy (non-hydrogen) atoms. The van der Waals surface area contributed by atoms with Crippen LogP contribution < -0.4 is 0 Å². The van der Waals surface area contributed by atoms with E-state index in [-0.39, 0.29) is 0 Å². The Balaban J connectivity index is 4.73. The largest absolute Gasteiger partial charge is 0.464 e. The van der Waals surface area contributed by atoms with Gasteiger partial charge in [-0.1, -0.05) is 5.16 Å². The molecule has 0 saturated heterocycles. The summed E-state index contributed by atoms with van der Waals surface area (Å²) in [5.74, 6) is -1.36. The number of rotatable bonds is 2. The molecular weight excluding hydrogens is 177 g/mol. The molecule has 8 heteroatoms. The van der Waals surface area contributed by atoms with Crippen LogP contribution in [-0.4, -0.2) is 33.5 Å². The Labute approximate surface area is 61.4 Å². The standard InChI is InChI=1S/C3H6NO6P/c1-10-3(5)2(4-6)11(7,8)9/h6H,1H3,(H2,7,8,9)/b4-2-. The van der Waals surface area contributed by atoms with Gasteiger partial charge in [-0.2, -0.15) is 0 Å². The van der Waals surface area contributed by atoms with Crippen molar-refractivity contribution in [2.45, 2.75) is 0 Å². The molecule has 0 rings (SSSR count). The number of carbonyl (C=O) groups excluding carboxylic acids is 1. The number of ether oxygens (including phenoxy) is 1. The van der Waals surface area contributed by atoms with Crippen LogP contribution >= 0.6 is 7.60 Å². The van der Waals surface area contributed by atoms with Crippen LogP contribution in [0.1, 0.15) is 0 Å². The van der Waals surface area contributed by atoms with Crippen LogP contribution in [0.25, 0.3) is 0 Å². The van der Waals surface area contributed by atoms with Crippen molar-refractivity contribution in [1.82, 2.24) is 0 Å². The third-order valence-corrected chi connectivity index (χ3v) is 1.56. The highest BCUT2D eigenvalue weighted by molar-refractivity contribution is 7.73. The van der Waals surface area contributed by atoms with E-state index in [1.807, 2.05) is 0 Å². The fraction of sp³-hybridized carbons (Fsp3) is 0.333. The van der Waals surface area contributed by atoms with E-state index in [1.54, 1.807) is 0 Å². The average Bonchev–Trinajstić information content (AvgIpc) is 1.86. The van der Waals surface area contributed by atoms with Crippen LogP contribution in [0.15, 0.2) is 5.16 Å². The van der Waals surface area contributed by atoms with Crippen LogP contribution in [0.3, 0.4) is 0 Å². The Morgan fingerprint density at radius 2 is 2.00 bits per heavy atom. The summed E-state index contributed by atoms with van der Waals surface area (Å²) >= 11 is 0. The minimum atomic E-state index is -4.82. The van der Waals surface area contributed by atoms with Gasteiger partial charge in [0, 0.05) is 0 Å². The Kier molecular flexibility index (Phi) is 3.18. The maximum atomic E-state index is 10.4. The molecule has 0 saturated carbocycles. The molecule has 0 aliphatic rings. The second-order valence-electron chi connectivity index (χ2n) is 1.46. The fourth-order valence-electron chi connectivity index (χ4n) is 0.309. The Morgan fingerprint density at radius 3 is 2.09 bits per heavy atom. The van der Waals surface area contributed by atoms with Crippen molar-refractivity contribution in [3.8, 4) is 0 Å². The molecule has 0 bridgehead atoms. The highest BCUT2D eigenvalue weighted by atomic mass is 31.2. The van der Waals surface area contributed by atoms with Gasteiger partial charge in [-0.25, -0.2) is 4.79 Å². The third-order valence-electron chi connectivity index (χ3n) is 0.739. The summed E-state index contributed by atoms with van der Waals surface area (Å²) in [6, 6.07) is 0. The first kappa shape index (κ1) is 10.1. The summed E-state index contributed by atoms with van der Waals surface area (Å²) in [5, 5.41) is 10.1. The molecule has 0 aliphatic heterocycles. The van der Waals surface area contributed by atoms with Gasteiger partial charge in [0.25, 0.3) is 5.45 Å². The molecule has 0 unspecified atom stereocenters. The molecule has 7 nitrogen and oxygen atoms in total. The topological polar surface area (TPSA) is 116 Å². The van der Waals surface area contributed by atoms with Crippen LogP contribution in [0.5, 0.6) is 0 Å². The Morgan fingerprint density at radius 1 is 1.55 bits per heavy atom. The molecule has 0 aliphatic carbocycles. The van der Waals surface area contributed by atoms with Crippen molar-refractivity contribution in [3.63, 3.8) is 0 Å². The summed E-state index contributed by atoms with van der Waals surface area (Å²) in [6.45, 7) is 0. The minimum absolute atomic E-state index is 0.906. The predicted molar refractivity (Wildman–Crippen MR) is 33.3 cm³/mol. The molecule has 0 aromatic carbocycles.